The van der Waals surface area contributed by atoms with E-state index < -0.39 is 0 Å². The lowest BCUT2D eigenvalue weighted by Gasteiger charge is -2.33. The van der Waals surface area contributed by atoms with Gasteiger partial charge in [0.1, 0.15) is 0 Å². The number of rotatable bonds is 5. The molecule has 0 spiro atoms. The van der Waals surface area contributed by atoms with Crippen molar-refractivity contribution in [2.45, 2.75) is 33.2 Å². The van der Waals surface area contributed by atoms with Gasteiger partial charge in [-0.2, -0.15) is 0 Å². The van der Waals surface area contributed by atoms with Gasteiger partial charge in [-0.3, -0.25) is 14.7 Å². The Kier molecular flexibility index (Phi) is 5.82. The molecule has 2 heterocycles. The lowest BCUT2D eigenvalue weighted by Crippen LogP contribution is -2.40. The third-order valence-electron chi connectivity index (χ3n) is 4.70. The van der Waals surface area contributed by atoms with Gasteiger partial charge in [-0.05, 0) is 50.8 Å². The summed E-state index contributed by atoms with van der Waals surface area (Å²) in [4.78, 5) is 18.9. The molecule has 0 saturated carbocycles. The third-order valence-corrected chi connectivity index (χ3v) is 4.70. The van der Waals surface area contributed by atoms with Crippen LogP contribution >= 0.6 is 0 Å². The molecule has 0 aliphatic carbocycles. The van der Waals surface area contributed by atoms with Crippen molar-refractivity contribution in [1.82, 2.24) is 15.2 Å². The van der Waals surface area contributed by atoms with Gasteiger partial charge in [-0.25, -0.2) is 0 Å². The summed E-state index contributed by atoms with van der Waals surface area (Å²) in [6, 6.07) is 10.5. The molecule has 4 heteroatoms. The minimum absolute atomic E-state index is 0.0235. The molecule has 0 bridgehead atoms. The second-order valence-electron chi connectivity index (χ2n) is 7.20. The molecule has 1 amide bonds. The molecule has 0 radical (unpaired) electrons. The van der Waals surface area contributed by atoms with Crippen LogP contribution in [0, 0.1) is 5.92 Å². The van der Waals surface area contributed by atoms with Crippen LogP contribution in [0.2, 0.25) is 0 Å². The molecule has 1 fully saturated rings. The van der Waals surface area contributed by atoms with E-state index in [4.69, 9.17) is 0 Å². The Bertz CT molecular complexity index is 759. The van der Waals surface area contributed by atoms with Gasteiger partial charge in [-0.15, -0.1) is 0 Å². The number of benzene rings is 1. The van der Waals surface area contributed by atoms with Crippen LogP contribution in [0.25, 0.3) is 10.9 Å². The minimum Gasteiger partial charge on any atom is -0.352 e. The zero-order valence-corrected chi connectivity index (χ0v) is 15.2. The Morgan fingerprint density at radius 3 is 3.00 bits per heavy atom. The Labute approximate surface area is 149 Å². The predicted octanol–water partition coefficient (Wildman–Crippen LogP) is 3.53. The first-order valence-corrected chi connectivity index (χ1v) is 9.09. The maximum Gasteiger partial charge on any atom is 0.243 e. The first kappa shape index (κ1) is 17.6. The predicted molar refractivity (Wildman–Crippen MR) is 102 cm³/mol. The number of likely N-dealkylation sites (tertiary alicyclic amines) is 1. The number of nitrogens with zero attached hydrogens (tertiary/aromatic N) is 2. The van der Waals surface area contributed by atoms with E-state index in [2.05, 4.69) is 39.5 Å². The number of hydrogen-bond donors (Lipinski definition) is 1. The third kappa shape index (κ3) is 4.89. The number of allylic oxidation sites excluding steroid dienone is 1. The van der Waals surface area contributed by atoms with Crippen molar-refractivity contribution < 1.29 is 4.79 Å². The van der Waals surface area contributed by atoms with E-state index in [9.17, 15) is 4.79 Å². The van der Waals surface area contributed by atoms with Gasteiger partial charge in [-0.1, -0.05) is 29.8 Å². The quantitative estimate of drug-likeness (QED) is 0.849. The summed E-state index contributed by atoms with van der Waals surface area (Å²) in [6.45, 7) is 7.71. The fourth-order valence-electron chi connectivity index (χ4n) is 3.56. The number of carbonyl (C=O) groups is 1. The number of pyridine rings is 1. The van der Waals surface area contributed by atoms with Crippen molar-refractivity contribution in [2.24, 2.45) is 5.92 Å². The smallest absolute Gasteiger partial charge is 0.243 e. The average Bonchev–Trinajstić information content (AvgIpc) is 2.60. The summed E-state index contributed by atoms with van der Waals surface area (Å²) in [5, 5.41) is 4.24. The Morgan fingerprint density at radius 2 is 2.16 bits per heavy atom. The maximum atomic E-state index is 11.8. The van der Waals surface area contributed by atoms with E-state index in [-0.39, 0.29) is 5.91 Å². The summed E-state index contributed by atoms with van der Waals surface area (Å²) in [7, 11) is 0. The standard InChI is InChI=1S/C21H27N3O/c1-16(2)12-20(25)23-13-17-6-5-11-24(14-17)15-19-8-3-7-18-9-4-10-22-21(18)19/h3-4,7-10,12,17H,5-6,11,13-15H2,1-2H3,(H,23,25). The van der Waals surface area contributed by atoms with Crippen LogP contribution in [-0.2, 0) is 11.3 Å². The summed E-state index contributed by atoms with van der Waals surface area (Å²) in [6.07, 6.45) is 5.90. The zero-order valence-electron chi connectivity index (χ0n) is 15.2. The molecule has 1 aromatic carbocycles. The van der Waals surface area contributed by atoms with E-state index in [1.54, 1.807) is 6.08 Å². The Balaban J connectivity index is 1.60. The molecule has 3 rings (SSSR count). The monoisotopic (exact) mass is 337 g/mol. The number of hydrogen-bond acceptors (Lipinski definition) is 3. The van der Waals surface area contributed by atoms with Crippen molar-refractivity contribution in [3.63, 3.8) is 0 Å². The highest BCUT2D eigenvalue weighted by atomic mass is 16.1. The van der Waals surface area contributed by atoms with Crippen LogP contribution in [0.5, 0.6) is 0 Å². The van der Waals surface area contributed by atoms with E-state index in [1.807, 2.05) is 26.1 Å². The van der Waals surface area contributed by atoms with Crippen molar-refractivity contribution >= 4 is 16.8 Å². The molecule has 4 nitrogen and oxygen atoms in total. The maximum absolute atomic E-state index is 11.8. The molecule has 132 valence electrons. The van der Waals surface area contributed by atoms with Crippen LogP contribution in [-0.4, -0.2) is 35.4 Å². The second kappa shape index (κ2) is 8.26. The largest absolute Gasteiger partial charge is 0.352 e. The van der Waals surface area contributed by atoms with Gasteiger partial charge in [0, 0.05) is 37.3 Å². The average molecular weight is 337 g/mol. The first-order chi connectivity index (χ1) is 12.1. The van der Waals surface area contributed by atoms with Crippen LogP contribution < -0.4 is 5.32 Å². The van der Waals surface area contributed by atoms with Gasteiger partial charge in [0.2, 0.25) is 5.91 Å². The van der Waals surface area contributed by atoms with Gasteiger partial charge in [0.05, 0.1) is 5.52 Å². The molecule has 1 atom stereocenters. The first-order valence-electron chi connectivity index (χ1n) is 9.09. The number of nitrogens with one attached hydrogen (secondary N) is 1. The van der Waals surface area contributed by atoms with Gasteiger partial charge in [0.25, 0.3) is 0 Å². The molecular formula is C21H27N3O. The topological polar surface area (TPSA) is 45.2 Å². The Morgan fingerprint density at radius 1 is 1.32 bits per heavy atom. The summed E-state index contributed by atoms with van der Waals surface area (Å²) < 4.78 is 0. The van der Waals surface area contributed by atoms with E-state index >= 15 is 0 Å². The lowest BCUT2D eigenvalue weighted by molar-refractivity contribution is -0.116. The van der Waals surface area contributed by atoms with Gasteiger partial charge < -0.3 is 5.32 Å². The number of amides is 1. The number of fused-ring (bicyclic) bond motifs is 1. The fraction of sp³-hybridized carbons (Fsp3) is 0.429. The molecule has 25 heavy (non-hydrogen) atoms. The number of carbonyl (C=O) groups excluding carboxylic acids is 1. The normalized spacial score (nSPS) is 18.1. The molecular weight excluding hydrogens is 310 g/mol. The molecule has 2 aromatic rings. The van der Waals surface area contributed by atoms with Crippen LogP contribution in [0.15, 0.2) is 48.2 Å². The molecule has 1 aliphatic rings. The van der Waals surface area contributed by atoms with Crippen molar-refractivity contribution in [1.29, 1.82) is 0 Å². The SMILES string of the molecule is CC(C)=CC(=O)NCC1CCCN(Cc2cccc3cccnc23)C1. The minimum atomic E-state index is 0.0235. The molecule has 1 saturated heterocycles. The fourth-order valence-corrected chi connectivity index (χ4v) is 3.56. The van der Waals surface area contributed by atoms with Gasteiger partial charge >= 0.3 is 0 Å². The van der Waals surface area contributed by atoms with Crippen LogP contribution in [0.1, 0.15) is 32.3 Å². The number of aromatic nitrogens is 1. The van der Waals surface area contributed by atoms with E-state index in [0.29, 0.717) is 5.92 Å². The molecule has 1 unspecified atom stereocenters. The van der Waals surface area contributed by atoms with Gasteiger partial charge in [0.15, 0.2) is 0 Å². The highest BCUT2D eigenvalue weighted by Crippen LogP contribution is 2.22. The number of piperidine rings is 1. The summed E-state index contributed by atoms with van der Waals surface area (Å²) >= 11 is 0. The highest BCUT2D eigenvalue weighted by molar-refractivity contribution is 5.88. The van der Waals surface area contributed by atoms with E-state index in [1.165, 1.54) is 23.8 Å². The van der Waals surface area contributed by atoms with Crippen LogP contribution in [0.3, 0.4) is 0 Å². The Hall–Kier alpha value is -2.20. The molecule has 1 aromatic heterocycles. The molecule has 1 N–H and O–H groups in total. The van der Waals surface area contributed by atoms with Crippen molar-refractivity contribution in [3.8, 4) is 0 Å². The highest BCUT2D eigenvalue weighted by Gasteiger charge is 2.20. The summed E-state index contributed by atoms with van der Waals surface area (Å²) in [5.74, 6) is 0.543. The second-order valence-corrected chi connectivity index (χ2v) is 7.20. The number of para-hydroxylation sites is 1. The van der Waals surface area contributed by atoms with E-state index in [0.717, 1.165) is 37.3 Å². The van der Waals surface area contributed by atoms with Crippen molar-refractivity contribution in [2.75, 3.05) is 19.6 Å². The summed E-state index contributed by atoms with van der Waals surface area (Å²) in [5.41, 5.74) is 3.42. The molecule has 1 aliphatic heterocycles. The lowest BCUT2D eigenvalue weighted by atomic mass is 9.97. The van der Waals surface area contributed by atoms with Crippen LogP contribution in [0.4, 0.5) is 0 Å². The zero-order chi connectivity index (χ0) is 17.6. The van der Waals surface area contributed by atoms with Crippen molar-refractivity contribution in [3.05, 3.63) is 53.7 Å².